The third-order valence-electron chi connectivity index (χ3n) is 3.21. The molecule has 1 aliphatic carbocycles. The van der Waals surface area contributed by atoms with E-state index in [0.717, 1.165) is 16.0 Å². The van der Waals surface area contributed by atoms with Gasteiger partial charge in [-0.25, -0.2) is 4.39 Å². The maximum atomic E-state index is 13.0. The molecule has 3 rings (SSSR count). The first-order valence-corrected chi connectivity index (χ1v) is 7.53. The van der Waals surface area contributed by atoms with Gasteiger partial charge in [0, 0.05) is 11.0 Å². The number of allylic oxidation sites excluding steroid dienone is 5. The Kier molecular flexibility index (Phi) is 4.06. The molecule has 5 heteroatoms. The van der Waals surface area contributed by atoms with Gasteiger partial charge in [0.1, 0.15) is 5.82 Å². The zero-order chi connectivity index (χ0) is 15.5. The van der Waals surface area contributed by atoms with Crippen LogP contribution in [0.4, 0.5) is 4.39 Å². The third-order valence-corrected chi connectivity index (χ3v) is 4.27. The number of carbonyl (C=O) groups is 2. The second-order valence-electron chi connectivity index (χ2n) is 4.77. The number of rotatable bonds is 3. The van der Waals surface area contributed by atoms with E-state index in [1.165, 1.54) is 30.0 Å². The number of imide groups is 1. The molecule has 0 spiro atoms. The van der Waals surface area contributed by atoms with Gasteiger partial charge in [0.2, 0.25) is 0 Å². The summed E-state index contributed by atoms with van der Waals surface area (Å²) in [4.78, 5) is 24.0. The van der Waals surface area contributed by atoms with Gasteiger partial charge in [0.15, 0.2) is 0 Å². The highest BCUT2D eigenvalue weighted by Crippen LogP contribution is 2.31. The zero-order valence-electron chi connectivity index (χ0n) is 11.5. The number of carbonyl (C=O) groups excluding carboxylic acids is 2. The second kappa shape index (κ2) is 6.15. The van der Waals surface area contributed by atoms with E-state index < -0.39 is 0 Å². The lowest BCUT2D eigenvalue weighted by atomic mass is 10.1. The van der Waals surface area contributed by atoms with E-state index in [0.29, 0.717) is 11.3 Å². The molecule has 1 N–H and O–H groups in total. The highest BCUT2D eigenvalue weighted by Gasteiger charge is 2.21. The lowest BCUT2D eigenvalue weighted by Crippen LogP contribution is -2.21. The molecule has 0 radical (unpaired) electrons. The van der Waals surface area contributed by atoms with Crippen LogP contribution in [-0.4, -0.2) is 11.8 Å². The number of amides is 2. The Morgan fingerprint density at radius 1 is 1.05 bits per heavy atom. The molecular weight excluding hydrogens is 301 g/mol. The van der Waals surface area contributed by atoms with Crippen molar-refractivity contribution in [1.82, 2.24) is 5.32 Å². The maximum absolute atomic E-state index is 13.0. The van der Waals surface area contributed by atoms with Gasteiger partial charge in [0.25, 0.3) is 11.8 Å². The average Bonchev–Trinajstić information content (AvgIpc) is 2.69. The predicted octanol–water partition coefficient (Wildman–Crippen LogP) is 3.33. The molecule has 2 aliphatic rings. The van der Waals surface area contributed by atoms with E-state index in [9.17, 15) is 14.0 Å². The fraction of sp³-hybridized carbons (Fsp3) is 0.0588. The van der Waals surface area contributed by atoms with Gasteiger partial charge in [0.05, 0.1) is 4.91 Å². The van der Waals surface area contributed by atoms with Crippen LogP contribution in [0.1, 0.15) is 12.0 Å². The minimum Gasteiger partial charge on any atom is -0.288 e. The highest BCUT2D eigenvalue weighted by molar-refractivity contribution is 8.07. The molecule has 2 amide bonds. The summed E-state index contributed by atoms with van der Waals surface area (Å²) >= 11 is 1.26. The fourth-order valence-electron chi connectivity index (χ4n) is 2.14. The Morgan fingerprint density at radius 3 is 2.50 bits per heavy atom. The number of hydrogen-bond donors (Lipinski definition) is 1. The topological polar surface area (TPSA) is 46.2 Å². The molecule has 0 saturated heterocycles. The Morgan fingerprint density at radius 2 is 1.82 bits per heavy atom. The van der Waals surface area contributed by atoms with Crippen molar-refractivity contribution < 1.29 is 14.0 Å². The van der Waals surface area contributed by atoms with Crippen LogP contribution in [0.5, 0.6) is 0 Å². The number of thioether (sulfide) groups is 1. The summed E-state index contributed by atoms with van der Waals surface area (Å²) in [6.07, 6.45) is 9.84. The SMILES string of the molecule is O=C1C=C(SC2=CCC=C(c3ccc(F)cc3)C=C2)C(=O)N1. The Labute approximate surface area is 131 Å². The summed E-state index contributed by atoms with van der Waals surface area (Å²) in [5.74, 6) is -1.00. The van der Waals surface area contributed by atoms with Crippen LogP contribution >= 0.6 is 11.8 Å². The van der Waals surface area contributed by atoms with Crippen molar-refractivity contribution in [3.05, 3.63) is 75.8 Å². The van der Waals surface area contributed by atoms with E-state index in [-0.39, 0.29) is 17.6 Å². The van der Waals surface area contributed by atoms with Gasteiger partial charge in [-0.1, -0.05) is 42.1 Å². The summed E-state index contributed by atoms with van der Waals surface area (Å²) in [5.41, 5.74) is 1.93. The van der Waals surface area contributed by atoms with Crippen molar-refractivity contribution in [2.75, 3.05) is 0 Å². The van der Waals surface area contributed by atoms with Crippen molar-refractivity contribution in [3.8, 4) is 0 Å². The molecule has 0 aromatic heterocycles. The van der Waals surface area contributed by atoms with Crippen LogP contribution in [0.15, 0.2) is 64.5 Å². The monoisotopic (exact) mass is 313 g/mol. The molecule has 1 heterocycles. The van der Waals surface area contributed by atoms with Crippen LogP contribution in [0.25, 0.3) is 5.57 Å². The van der Waals surface area contributed by atoms with E-state index >= 15 is 0 Å². The molecule has 0 atom stereocenters. The van der Waals surface area contributed by atoms with Gasteiger partial charge in [-0.15, -0.1) is 0 Å². The minimum absolute atomic E-state index is 0.264. The van der Waals surface area contributed by atoms with E-state index in [1.807, 2.05) is 24.3 Å². The predicted molar refractivity (Wildman–Crippen MR) is 85.0 cm³/mol. The van der Waals surface area contributed by atoms with Crippen LogP contribution < -0.4 is 5.32 Å². The number of halogens is 1. The smallest absolute Gasteiger partial charge is 0.265 e. The normalized spacial score (nSPS) is 17.6. The minimum atomic E-state index is -0.379. The Hall–Kier alpha value is -2.40. The standard InChI is InChI=1S/C17H12FNO2S/c18-13-7-4-12(5-8-13)11-2-1-3-14(9-6-11)22-15-10-16(20)19-17(15)21/h2-10H,1H2,(H,19,20,21). The quantitative estimate of drug-likeness (QED) is 0.871. The largest absolute Gasteiger partial charge is 0.288 e. The number of benzene rings is 1. The molecule has 1 aromatic carbocycles. The number of hydrogen-bond acceptors (Lipinski definition) is 3. The van der Waals surface area contributed by atoms with Gasteiger partial charge in [-0.3, -0.25) is 14.9 Å². The van der Waals surface area contributed by atoms with Crippen LogP contribution in [0.2, 0.25) is 0 Å². The summed E-state index contributed by atoms with van der Waals surface area (Å²) in [7, 11) is 0. The van der Waals surface area contributed by atoms with Gasteiger partial charge < -0.3 is 0 Å². The van der Waals surface area contributed by atoms with Crippen LogP contribution in [0.3, 0.4) is 0 Å². The first-order valence-electron chi connectivity index (χ1n) is 6.71. The van der Waals surface area contributed by atoms with Crippen molar-refractivity contribution >= 4 is 29.1 Å². The average molecular weight is 313 g/mol. The summed E-state index contributed by atoms with van der Waals surface area (Å²) in [5, 5.41) is 2.22. The molecule has 22 heavy (non-hydrogen) atoms. The lowest BCUT2D eigenvalue weighted by Gasteiger charge is -2.02. The van der Waals surface area contributed by atoms with Gasteiger partial charge in [-0.05, 0) is 35.8 Å². The van der Waals surface area contributed by atoms with E-state index in [1.54, 1.807) is 12.1 Å². The van der Waals surface area contributed by atoms with E-state index in [2.05, 4.69) is 5.32 Å². The van der Waals surface area contributed by atoms with Crippen molar-refractivity contribution in [1.29, 1.82) is 0 Å². The first kappa shape index (κ1) is 14.5. The van der Waals surface area contributed by atoms with E-state index in [4.69, 9.17) is 0 Å². The third kappa shape index (κ3) is 3.26. The van der Waals surface area contributed by atoms with Crippen molar-refractivity contribution in [3.63, 3.8) is 0 Å². The van der Waals surface area contributed by atoms with Crippen LogP contribution in [-0.2, 0) is 9.59 Å². The summed E-state index contributed by atoms with van der Waals surface area (Å²) in [6, 6.07) is 6.32. The molecule has 0 bridgehead atoms. The second-order valence-corrected chi connectivity index (χ2v) is 5.89. The molecule has 0 fully saturated rings. The maximum Gasteiger partial charge on any atom is 0.265 e. The summed E-state index contributed by atoms with van der Waals surface area (Å²) < 4.78 is 13.0. The molecule has 110 valence electrons. The van der Waals surface area contributed by atoms with Gasteiger partial charge in [-0.2, -0.15) is 0 Å². The molecule has 0 unspecified atom stereocenters. The molecule has 1 aromatic rings. The summed E-state index contributed by atoms with van der Waals surface area (Å²) in [6.45, 7) is 0. The zero-order valence-corrected chi connectivity index (χ0v) is 12.3. The number of nitrogens with one attached hydrogen (secondary N) is 1. The highest BCUT2D eigenvalue weighted by atomic mass is 32.2. The Balaban J connectivity index is 1.74. The van der Waals surface area contributed by atoms with Crippen molar-refractivity contribution in [2.24, 2.45) is 0 Å². The molecule has 0 saturated carbocycles. The van der Waals surface area contributed by atoms with Crippen molar-refractivity contribution in [2.45, 2.75) is 6.42 Å². The Bertz CT molecular complexity index is 757. The first-order chi connectivity index (χ1) is 10.6. The lowest BCUT2D eigenvalue weighted by molar-refractivity contribution is -0.123. The molecule has 1 aliphatic heterocycles. The molecular formula is C17H12FNO2S. The fourth-order valence-corrected chi connectivity index (χ4v) is 3.02. The van der Waals surface area contributed by atoms with Gasteiger partial charge >= 0.3 is 0 Å². The van der Waals surface area contributed by atoms with Crippen LogP contribution in [0, 0.1) is 5.82 Å². The molecule has 3 nitrogen and oxygen atoms in total.